The zero-order valence-corrected chi connectivity index (χ0v) is 17.1. The van der Waals surface area contributed by atoms with Crippen LogP contribution in [0.2, 0.25) is 0 Å². The molecule has 7 nitrogen and oxygen atoms in total. The highest BCUT2D eigenvalue weighted by Gasteiger charge is 2.15. The Balaban J connectivity index is 1.62. The van der Waals surface area contributed by atoms with Crippen molar-refractivity contribution >= 4 is 23.3 Å². The molecule has 3 aromatic rings. The van der Waals surface area contributed by atoms with Crippen molar-refractivity contribution in [1.29, 1.82) is 0 Å². The first-order valence-corrected chi connectivity index (χ1v) is 9.40. The van der Waals surface area contributed by atoms with Crippen LogP contribution in [0.4, 0.5) is 5.69 Å². The lowest BCUT2D eigenvalue weighted by molar-refractivity contribution is 0.0474. The lowest BCUT2D eigenvalue weighted by atomic mass is 10.1. The monoisotopic (exact) mass is 419 g/mol. The van der Waals surface area contributed by atoms with Crippen LogP contribution in [0.15, 0.2) is 72.8 Å². The summed E-state index contributed by atoms with van der Waals surface area (Å²) in [5.41, 5.74) is 1.51. The molecule has 0 heterocycles. The summed E-state index contributed by atoms with van der Waals surface area (Å²) in [7, 11) is 2.95. The highest BCUT2D eigenvalue weighted by molar-refractivity contribution is 6.05. The van der Waals surface area contributed by atoms with E-state index >= 15 is 0 Å². The van der Waals surface area contributed by atoms with Gasteiger partial charge in [0.05, 0.1) is 19.8 Å². The molecule has 31 heavy (non-hydrogen) atoms. The molecule has 0 radical (unpaired) electrons. The molecule has 0 aromatic heterocycles. The minimum Gasteiger partial charge on any atom is -0.493 e. The van der Waals surface area contributed by atoms with Crippen LogP contribution in [0, 0.1) is 0 Å². The molecular formula is C24H21NO6. The van der Waals surface area contributed by atoms with Gasteiger partial charge in [0.25, 0.3) is 5.91 Å². The number of ether oxygens (including phenoxy) is 3. The van der Waals surface area contributed by atoms with Crippen molar-refractivity contribution in [2.45, 2.75) is 0 Å². The number of anilines is 1. The van der Waals surface area contributed by atoms with Crippen LogP contribution in [-0.4, -0.2) is 38.5 Å². The molecule has 158 valence electrons. The van der Waals surface area contributed by atoms with Crippen LogP contribution in [0.3, 0.4) is 0 Å². The molecule has 0 atom stereocenters. The summed E-state index contributed by atoms with van der Waals surface area (Å²) in [5.74, 6) is -0.493. The van der Waals surface area contributed by atoms with E-state index < -0.39 is 18.4 Å². The molecule has 0 saturated carbocycles. The molecule has 0 fully saturated rings. The van der Waals surface area contributed by atoms with E-state index in [9.17, 15) is 14.4 Å². The fraction of sp³-hybridized carbons (Fsp3) is 0.125. The van der Waals surface area contributed by atoms with Crippen molar-refractivity contribution in [2.24, 2.45) is 0 Å². The van der Waals surface area contributed by atoms with E-state index in [1.165, 1.54) is 32.4 Å². The minimum absolute atomic E-state index is 0.231. The Morgan fingerprint density at radius 3 is 2.16 bits per heavy atom. The molecule has 0 bridgehead atoms. The smallest absolute Gasteiger partial charge is 0.338 e. The Bertz CT molecular complexity index is 1090. The molecule has 0 aliphatic rings. The van der Waals surface area contributed by atoms with Gasteiger partial charge >= 0.3 is 5.97 Å². The van der Waals surface area contributed by atoms with Crippen molar-refractivity contribution in [3.8, 4) is 11.5 Å². The van der Waals surface area contributed by atoms with Crippen molar-refractivity contribution < 1.29 is 28.6 Å². The number of rotatable bonds is 8. The van der Waals surface area contributed by atoms with Gasteiger partial charge in [0, 0.05) is 16.8 Å². The largest absolute Gasteiger partial charge is 0.493 e. The summed E-state index contributed by atoms with van der Waals surface area (Å²) in [5, 5.41) is 2.74. The van der Waals surface area contributed by atoms with E-state index in [4.69, 9.17) is 14.2 Å². The number of carbonyl (C=O) groups is 3. The van der Waals surface area contributed by atoms with Crippen LogP contribution in [0.1, 0.15) is 31.1 Å². The first-order valence-electron chi connectivity index (χ1n) is 9.40. The lowest BCUT2D eigenvalue weighted by Crippen LogP contribution is -2.15. The van der Waals surface area contributed by atoms with Crippen molar-refractivity contribution in [3.63, 3.8) is 0 Å². The second-order valence-electron chi connectivity index (χ2n) is 6.47. The van der Waals surface area contributed by atoms with E-state index in [2.05, 4.69) is 5.32 Å². The molecule has 0 aliphatic carbocycles. The number of methoxy groups -OCH3 is 2. The number of amides is 1. The molecule has 0 saturated heterocycles. The fourth-order valence-corrected chi connectivity index (χ4v) is 2.82. The molecule has 3 aromatic carbocycles. The van der Waals surface area contributed by atoms with Gasteiger partial charge in [-0.1, -0.05) is 30.3 Å². The number of esters is 1. The second kappa shape index (κ2) is 10.1. The number of hydrogen-bond acceptors (Lipinski definition) is 6. The zero-order chi connectivity index (χ0) is 22.2. The number of Topliss-reactive ketones (excluding diaryl/α,β-unsaturated/α-hetero) is 1. The second-order valence-corrected chi connectivity index (χ2v) is 6.47. The predicted octanol–water partition coefficient (Wildman–Crippen LogP) is 4.00. The van der Waals surface area contributed by atoms with Crippen LogP contribution in [0.25, 0.3) is 0 Å². The van der Waals surface area contributed by atoms with Gasteiger partial charge in [-0.05, 0) is 42.5 Å². The van der Waals surface area contributed by atoms with Crippen LogP contribution in [-0.2, 0) is 4.74 Å². The van der Waals surface area contributed by atoms with Gasteiger partial charge in [-0.25, -0.2) is 4.79 Å². The number of benzene rings is 3. The highest BCUT2D eigenvalue weighted by atomic mass is 16.5. The molecule has 0 unspecified atom stereocenters. The molecule has 0 spiro atoms. The average Bonchev–Trinajstić information content (AvgIpc) is 2.82. The van der Waals surface area contributed by atoms with E-state index in [1.54, 1.807) is 48.5 Å². The first kappa shape index (κ1) is 21.6. The standard InChI is InChI=1S/C24H21NO6/c1-29-21-12-11-18(14-22(21)30-2)24(28)31-15-20(26)17-9-6-10-19(13-17)25-23(27)16-7-4-3-5-8-16/h3-14H,15H2,1-2H3,(H,25,27). The molecule has 0 aliphatic heterocycles. The topological polar surface area (TPSA) is 90.9 Å². The van der Waals surface area contributed by atoms with Crippen molar-refractivity contribution in [2.75, 3.05) is 26.1 Å². The van der Waals surface area contributed by atoms with Gasteiger partial charge in [0.2, 0.25) is 0 Å². The van der Waals surface area contributed by atoms with Crippen molar-refractivity contribution in [3.05, 3.63) is 89.5 Å². The quantitative estimate of drug-likeness (QED) is 0.438. The molecule has 7 heteroatoms. The maximum absolute atomic E-state index is 12.5. The Labute approximate surface area is 179 Å². The number of hydrogen-bond donors (Lipinski definition) is 1. The van der Waals surface area contributed by atoms with Gasteiger partial charge in [-0.2, -0.15) is 0 Å². The Morgan fingerprint density at radius 2 is 1.45 bits per heavy atom. The van der Waals surface area contributed by atoms with Crippen LogP contribution < -0.4 is 14.8 Å². The molecule has 3 rings (SSSR count). The molecular weight excluding hydrogens is 398 g/mol. The van der Waals surface area contributed by atoms with Gasteiger partial charge in [-0.15, -0.1) is 0 Å². The Hall–Kier alpha value is -4.13. The number of carbonyl (C=O) groups excluding carboxylic acids is 3. The summed E-state index contributed by atoms with van der Waals surface area (Å²) in [6.45, 7) is -0.441. The summed E-state index contributed by atoms with van der Waals surface area (Å²) < 4.78 is 15.4. The average molecular weight is 419 g/mol. The van der Waals surface area contributed by atoms with Gasteiger partial charge in [-0.3, -0.25) is 9.59 Å². The Kier molecular flexibility index (Phi) is 7.01. The van der Waals surface area contributed by atoms with Gasteiger partial charge in [0.1, 0.15) is 0 Å². The Morgan fingerprint density at radius 1 is 0.742 bits per heavy atom. The van der Waals surface area contributed by atoms with Gasteiger partial charge < -0.3 is 19.5 Å². The summed E-state index contributed by atoms with van der Waals surface area (Å²) in [4.78, 5) is 37.0. The third-order valence-electron chi connectivity index (χ3n) is 4.43. The first-order chi connectivity index (χ1) is 15.0. The lowest BCUT2D eigenvalue weighted by Gasteiger charge is -2.10. The summed E-state index contributed by atoms with van der Waals surface area (Å²) in [6.07, 6.45) is 0. The van der Waals surface area contributed by atoms with Gasteiger partial charge in [0.15, 0.2) is 23.9 Å². The molecule has 1 N–H and O–H groups in total. The van der Waals surface area contributed by atoms with E-state index in [0.717, 1.165) is 0 Å². The zero-order valence-electron chi connectivity index (χ0n) is 17.1. The van der Waals surface area contributed by atoms with Crippen LogP contribution >= 0.6 is 0 Å². The van der Waals surface area contributed by atoms with E-state index in [1.807, 2.05) is 6.07 Å². The predicted molar refractivity (Wildman–Crippen MR) is 115 cm³/mol. The number of nitrogens with one attached hydrogen (secondary N) is 1. The summed E-state index contributed by atoms with van der Waals surface area (Å²) in [6, 6.07) is 19.8. The third kappa shape index (κ3) is 5.48. The van der Waals surface area contributed by atoms with E-state index in [-0.39, 0.29) is 11.5 Å². The van der Waals surface area contributed by atoms with E-state index in [0.29, 0.717) is 28.3 Å². The molecule has 1 amide bonds. The fourth-order valence-electron chi connectivity index (χ4n) is 2.82. The normalized spacial score (nSPS) is 10.1. The van der Waals surface area contributed by atoms with Crippen molar-refractivity contribution in [1.82, 2.24) is 0 Å². The SMILES string of the molecule is COc1ccc(C(=O)OCC(=O)c2cccc(NC(=O)c3ccccc3)c2)cc1OC. The minimum atomic E-state index is -0.664. The summed E-state index contributed by atoms with van der Waals surface area (Å²) >= 11 is 0. The maximum Gasteiger partial charge on any atom is 0.338 e. The van der Waals surface area contributed by atoms with Crippen LogP contribution in [0.5, 0.6) is 11.5 Å². The highest BCUT2D eigenvalue weighted by Crippen LogP contribution is 2.27. The maximum atomic E-state index is 12.5. The third-order valence-corrected chi connectivity index (χ3v) is 4.43. The number of ketones is 1.